The van der Waals surface area contributed by atoms with Crippen molar-refractivity contribution in [3.63, 3.8) is 0 Å². The third kappa shape index (κ3) is 6.90. The maximum atomic E-state index is 12.0. The molecule has 0 aliphatic rings. The van der Waals surface area contributed by atoms with Gasteiger partial charge in [0.2, 0.25) is 0 Å². The molecule has 2 aromatic heterocycles. The monoisotopic (exact) mass is 471 g/mol. The second-order valence-electron chi connectivity index (χ2n) is 5.92. The maximum Gasteiger partial charge on any atom is 0.321 e. The van der Waals surface area contributed by atoms with Crippen LogP contribution in [-0.4, -0.2) is 32.9 Å². The predicted molar refractivity (Wildman–Crippen MR) is 118 cm³/mol. The Labute approximate surface area is 186 Å². The second-order valence-corrected chi connectivity index (χ2v) is 8.66. The molecule has 3 aromatic rings. The van der Waals surface area contributed by atoms with Crippen LogP contribution in [0.3, 0.4) is 0 Å². The number of amides is 2. The van der Waals surface area contributed by atoms with Crippen molar-refractivity contribution in [3.8, 4) is 0 Å². The highest BCUT2D eigenvalue weighted by Gasteiger charge is 2.08. The van der Waals surface area contributed by atoms with Crippen LogP contribution in [0.1, 0.15) is 11.3 Å². The summed E-state index contributed by atoms with van der Waals surface area (Å²) in [5.41, 5.74) is 1.63. The molecule has 0 saturated carbocycles. The van der Waals surface area contributed by atoms with Crippen LogP contribution in [0.5, 0.6) is 0 Å². The summed E-state index contributed by atoms with van der Waals surface area (Å²) in [6.45, 7) is 1.31. The van der Waals surface area contributed by atoms with E-state index in [2.05, 4.69) is 20.6 Å². The molecule has 0 atom stereocenters. The van der Waals surface area contributed by atoms with Gasteiger partial charge in [-0.3, -0.25) is 5.32 Å². The fraction of sp³-hybridized carbons (Fsp3) is 0.278. The third-order valence-corrected chi connectivity index (χ3v) is 6.26. The predicted octanol–water partition coefficient (Wildman–Crippen LogP) is 4.81. The lowest BCUT2D eigenvalue weighted by molar-refractivity contribution is 0.134. The molecule has 0 bridgehead atoms. The van der Waals surface area contributed by atoms with Crippen molar-refractivity contribution in [3.05, 3.63) is 57.3 Å². The summed E-state index contributed by atoms with van der Waals surface area (Å²) < 4.78 is 7.60. The van der Waals surface area contributed by atoms with Gasteiger partial charge in [-0.2, -0.15) is 0 Å². The number of aryl methyl sites for hydroxylation is 1. The molecule has 154 valence electrons. The number of hydrogen-bond donors (Lipinski definition) is 2. The van der Waals surface area contributed by atoms with E-state index < -0.39 is 0 Å². The lowest BCUT2D eigenvalue weighted by atomic mass is 10.2. The summed E-state index contributed by atoms with van der Waals surface area (Å²) in [5, 5.41) is 9.73. The zero-order chi connectivity index (χ0) is 20.6. The number of thioether (sulfide) groups is 1. The summed E-state index contributed by atoms with van der Waals surface area (Å²) in [4.78, 5) is 20.6. The van der Waals surface area contributed by atoms with Gasteiger partial charge in [0.1, 0.15) is 0 Å². The van der Waals surface area contributed by atoms with E-state index in [1.54, 1.807) is 36.2 Å². The summed E-state index contributed by atoms with van der Waals surface area (Å²) in [5.74, 6) is 0.803. The van der Waals surface area contributed by atoms with Gasteiger partial charge in [0.25, 0.3) is 0 Å². The Kier molecular flexibility index (Phi) is 8.19. The molecule has 1 aromatic carbocycles. The second kappa shape index (κ2) is 10.8. The largest absolute Gasteiger partial charge is 0.374 e. The number of hydrogen-bond acceptors (Lipinski definition) is 6. The highest BCUT2D eigenvalue weighted by Crippen LogP contribution is 2.22. The fourth-order valence-electron chi connectivity index (χ4n) is 2.26. The lowest BCUT2D eigenvalue weighted by Crippen LogP contribution is -2.28. The number of nitrogens with one attached hydrogen (secondary N) is 2. The molecular formula is C18H19Cl2N5O2S2. The maximum absolute atomic E-state index is 12.0. The Morgan fingerprint density at radius 2 is 2.21 bits per heavy atom. The highest BCUT2D eigenvalue weighted by atomic mass is 35.5. The molecule has 0 saturated heterocycles. The van der Waals surface area contributed by atoms with Crippen molar-refractivity contribution in [2.45, 2.75) is 18.3 Å². The van der Waals surface area contributed by atoms with Crippen LogP contribution in [0.25, 0.3) is 0 Å². The minimum Gasteiger partial charge on any atom is -0.374 e. The Hall–Kier alpha value is -1.78. The number of aromatic nitrogens is 3. The quantitative estimate of drug-likeness (QED) is 0.345. The number of benzene rings is 1. The number of carbonyl (C=O) groups excluding carboxylic acids is 1. The fourth-order valence-corrected chi connectivity index (χ4v) is 4.06. The molecule has 0 aliphatic carbocycles. The number of urea groups is 1. The van der Waals surface area contributed by atoms with Crippen molar-refractivity contribution in [1.82, 2.24) is 19.9 Å². The number of nitrogens with zero attached hydrogens (tertiary/aromatic N) is 3. The van der Waals surface area contributed by atoms with Crippen LogP contribution in [0.4, 0.5) is 9.93 Å². The summed E-state index contributed by atoms with van der Waals surface area (Å²) in [6.07, 6.45) is 3.68. The molecule has 2 N–H and O–H groups in total. The van der Waals surface area contributed by atoms with Crippen LogP contribution < -0.4 is 10.6 Å². The molecule has 7 nitrogen and oxygen atoms in total. The average Bonchev–Trinajstić information content (AvgIpc) is 3.31. The van der Waals surface area contributed by atoms with Gasteiger partial charge >= 0.3 is 6.03 Å². The van der Waals surface area contributed by atoms with Crippen LogP contribution in [0, 0.1) is 0 Å². The van der Waals surface area contributed by atoms with Crippen molar-refractivity contribution >= 4 is 57.5 Å². The van der Waals surface area contributed by atoms with E-state index in [-0.39, 0.29) is 6.03 Å². The highest BCUT2D eigenvalue weighted by molar-refractivity contribution is 7.99. The topological polar surface area (TPSA) is 81.1 Å². The molecule has 2 amide bonds. The minimum atomic E-state index is -0.343. The summed E-state index contributed by atoms with van der Waals surface area (Å²) in [6, 6.07) is 4.87. The smallest absolute Gasteiger partial charge is 0.321 e. The van der Waals surface area contributed by atoms with Gasteiger partial charge in [-0.25, -0.2) is 14.8 Å². The van der Waals surface area contributed by atoms with Crippen LogP contribution >= 0.6 is 46.3 Å². The van der Waals surface area contributed by atoms with Crippen molar-refractivity contribution in [1.29, 1.82) is 0 Å². The summed E-state index contributed by atoms with van der Waals surface area (Å²) >= 11 is 14.8. The average molecular weight is 472 g/mol. The van der Waals surface area contributed by atoms with E-state index in [4.69, 9.17) is 27.9 Å². The van der Waals surface area contributed by atoms with E-state index in [0.717, 1.165) is 22.2 Å². The SMILES string of the molecule is Cn1ccnc1SCCOCc1csc(NC(=O)NCc2ccc(Cl)c(Cl)c2)n1. The number of imidazole rings is 1. The Morgan fingerprint density at radius 3 is 2.97 bits per heavy atom. The molecule has 29 heavy (non-hydrogen) atoms. The van der Waals surface area contributed by atoms with Gasteiger partial charge in [-0.05, 0) is 17.7 Å². The summed E-state index contributed by atoms with van der Waals surface area (Å²) in [7, 11) is 1.96. The van der Waals surface area contributed by atoms with Crippen LogP contribution in [-0.2, 0) is 24.9 Å². The standard InChI is InChI=1S/C18H19Cl2N5O2S2/c1-25-5-4-21-18(25)28-7-6-27-10-13-11-29-17(23-13)24-16(26)22-9-12-2-3-14(19)15(20)8-12/h2-5,8,11H,6-7,9-10H2,1H3,(H2,22,23,24,26). The zero-order valence-electron chi connectivity index (χ0n) is 15.5. The zero-order valence-corrected chi connectivity index (χ0v) is 18.7. The van der Waals surface area contributed by atoms with E-state index in [1.165, 1.54) is 11.3 Å². The van der Waals surface area contributed by atoms with Crippen LogP contribution in [0.2, 0.25) is 10.0 Å². The van der Waals surface area contributed by atoms with E-state index in [0.29, 0.717) is 34.9 Å². The first-order valence-corrected chi connectivity index (χ1v) is 11.2. The first-order chi connectivity index (χ1) is 14.0. The number of thiazole rings is 1. The first-order valence-electron chi connectivity index (χ1n) is 8.62. The molecule has 3 rings (SSSR count). The van der Waals surface area contributed by atoms with Gasteiger partial charge in [-0.1, -0.05) is 41.0 Å². The molecule has 0 fully saturated rings. The van der Waals surface area contributed by atoms with E-state index >= 15 is 0 Å². The number of carbonyl (C=O) groups is 1. The molecule has 2 heterocycles. The number of anilines is 1. The van der Waals surface area contributed by atoms with Crippen LogP contribution in [0.15, 0.2) is 41.1 Å². The Bertz CT molecular complexity index is 963. The van der Waals surface area contributed by atoms with Gasteiger partial charge in [0.15, 0.2) is 10.3 Å². The molecule has 0 aliphatic heterocycles. The normalized spacial score (nSPS) is 10.9. The molecule has 0 radical (unpaired) electrons. The van der Waals surface area contributed by atoms with Gasteiger partial charge < -0.3 is 14.6 Å². The lowest BCUT2D eigenvalue weighted by Gasteiger charge is -2.06. The molecule has 0 unspecified atom stereocenters. The van der Waals surface area contributed by atoms with Gasteiger partial charge in [0.05, 0.1) is 29.0 Å². The number of rotatable bonds is 9. The van der Waals surface area contributed by atoms with Gasteiger partial charge in [-0.15, -0.1) is 11.3 Å². The first kappa shape index (κ1) is 21.9. The van der Waals surface area contributed by atoms with E-state index in [9.17, 15) is 4.79 Å². The number of halogens is 2. The Morgan fingerprint density at radius 1 is 1.34 bits per heavy atom. The van der Waals surface area contributed by atoms with Gasteiger partial charge in [0, 0.05) is 37.1 Å². The Balaban J connectivity index is 1.35. The molecule has 0 spiro atoms. The third-order valence-electron chi connectivity index (χ3n) is 3.70. The molecule has 11 heteroatoms. The van der Waals surface area contributed by atoms with Crippen molar-refractivity contribution in [2.75, 3.05) is 17.7 Å². The number of ether oxygens (including phenoxy) is 1. The van der Waals surface area contributed by atoms with Crippen molar-refractivity contribution < 1.29 is 9.53 Å². The van der Waals surface area contributed by atoms with Crippen molar-refractivity contribution in [2.24, 2.45) is 7.05 Å². The van der Waals surface area contributed by atoms with E-state index in [1.807, 2.05) is 23.2 Å². The molecular weight excluding hydrogens is 453 g/mol. The minimum absolute atomic E-state index is 0.331.